The Bertz CT molecular complexity index is 334. The highest BCUT2D eigenvalue weighted by molar-refractivity contribution is 6.31. The summed E-state index contributed by atoms with van der Waals surface area (Å²) < 4.78 is 0. The lowest BCUT2D eigenvalue weighted by atomic mass is 10.00. The van der Waals surface area contributed by atoms with Gasteiger partial charge in [-0.1, -0.05) is 44.5 Å². The molecule has 0 aromatic heterocycles. The van der Waals surface area contributed by atoms with Gasteiger partial charge in [0.05, 0.1) is 0 Å². The van der Waals surface area contributed by atoms with Crippen LogP contribution in [-0.2, 0) is 6.42 Å². The molecule has 1 aromatic rings. The first kappa shape index (κ1) is 13.5. The van der Waals surface area contributed by atoms with Gasteiger partial charge in [-0.15, -0.1) is 0 Å². The third kappa shape index (κ3) is 3.80. The molecule has 0 radical (unpaired) electrons. The average Bonchev–Trinajstić information content (AvgIpc) is 2.16. The normalized spacial score (nSPS) is 13.1. The molecule has 1 atom stereocenters. The van der Waals surface area contributed by atoms with E-state index in [1.54, 1.807) is 0 Å². The van der Waals surface area contributed by atoms with Gasteiger partial charge in [0.2, 0.25) is 0 Å². The molecule has 16 heavy (non-hydrogen) atoms. The Morgan fingerprint density at radius 1 is 1.25 bits per heavy atom. The number of hydrogen-bond donors (Lipinski definition) is 1. The van der Waals surface area contributed by atoms with Crippen LogP contribution < -0.4 is 5.32 Å². The molecule has 0 aliphatic heterocycles. The van der Waals surface area contributed by atoms with E-state index in [2.05, 4.69) is 51.2 Å². The minimum atomic E-state index is 0.325. The van der Waals surface area contributed by atoms with E-state index in [0.29, 0.717) is 12.0 Å². The van der Waals surface area contributed by atoms with Crippen molar-refractivity contribution in [2.75, 3.05) is 6.54 Å². The SMILES string of the molecule is CCNC(C)c1ccc(CC(C)C)cc1Cl. The van der Waals surface area contributed by atoms with Crippen molar-refractivity contribution in [3.05, 3.63) is 34.3 Å². The molecule has 2 heteroatoms. The molecule has 0 aliphatic carbocycles. The van der Waals surface area contributed by atoms with E-state index >= 15 is 0 Å². The van der Waals surface area contributed by atoms with E-state index in [-0.39, 0.29) is 0 Å². The molecule has 0 bridgehead atoms. The van der Waals surface area contributed by atoms with Crippen molar-refractivity contribution in [2.24, 2.45) is 5.92 Å². The molecule has 1 N–H and O–H groups in total. The van der Waals surface area contributed by atoms with E-state index in [0.717, 1.165) is 18.0 Å². The smallest absolute Gasteiger partial charge is 0.0456 e. The molecule has 0 fully saturated rings. The van der Waals surface area contributed by atoms with Crippen LogP contribution in [-0.4, -0.2) is 6.54 Å². The maximum absolute atomic E-state index is 6.30. The molecule has 1 aromatic carbocycles. The van der Waals surface area contributed by atoms with Gasteiger partial charge < -0.3 is 5.32 Å². The van der Waals surface area contributed by atoms with E-state index in [1.807, 2.05) is 0 Å². The Balaban J connectivity index is 2.82. The van der Waals surface area contributed by atoms with Crippen LogP contribution in [0.4, 0.5) is 0 Å². The predicted octanol–water partition coefficient (Wildman–Crippen LogP) is 4.21. The van der Waals surface area contributed by atoms with E-state index < -0.39 is 0 Å². The standard InChI is InChI=1S/C14H22ClN/c1-5-16-11(4)13-7-6-12(8-10(2)3)9-14(13)15/h6-7,9-11,16H,5,8H2,1-4H3. The summed E-state index contributed by atoms with van der Waals surface area (Å²) >= 11 is 6.30. The van der Waals surface area contributed by atoms with E-state index in [9.17, 15) is 0 Å². The second-order valence-electron chi connectivity index (χ2n) is 4.73. The molecule has 0 amide bonds. The van der Waals surface area contributed by atoms with E-state index in [4.69, 9.17) is 11.6 Å². The van der Waals surface area contributed by atoms with Gasteiger partial charge in [-0.2, -0.15) is 0 Å². The van der Waals surface area contributed by atoms with Gasteiger partial charge in [0, 0.05) is 11.1 Å². The van der Waals surface area contributed by atoms with Crippen molar-refractivity contribution < 1.29 is 0 Å². The molecule has 0 spiro atoms. The third-order valence-electron chi connectivity index (χ3n) is 2.69. The van der Waals surface area contributed by atoms with Crippen LogP contribution in [0.5, 0.6) is 0 Å². The quantitative estimate of drug-likeness (QED) is 0.812. The summed E-state index contributed by atoms with van der Waals surface area (Å²) in [6.45, 7) is 9.67. The molecule has 90 valence electrons. The van der Waals surface area contributed by atoms with Crippen molar-refractivity contribution in [1.82, 2.24) is 5.32 Å². The summed E-state index contributed by atoms with van der Waals surface area (Å²) in [5, 5.41) is 4.26. The number of benzene rings is 1. The second kappa shape index (κ2) is 6.27. The van der Waals surface area contributed by atoms with Gasteiger partial charge in [0.1, 0.15) is 0 Å². The molecule has 0 saturated heterocycles. The summed E-state index contributed by atoms with van der Waals surface area (Å²) in [7, 11) is 0. The lowest BCUT2D eigenvalue weighted by Gasteiger charge is -2.15. The van der Waals surface area contributed by atoms with Crippen LogP contribution in [0.3, 0.4) is 0 Å². The zero-order valence-corrected chi connectivity index (χ0v) is 11.4. The first-order valence-electron chi connectivity index (χ1n) is 6.06. The fourth-order valence-electron chi connectivity index (χ4n) is 1.94. The Hall–Kier alpha value is -0.530. The van der Waals surface area contributed by atoms with Crippen molar-refractivity contribution in [3.63, 3.8) is 0 Å². The Morgan fingerprint density at radius 3 is 2.44 bits per heavy atom. The topological polar surface area (TPSA) is 12.0 Å². The number of rotatable bonds is 5. The van der Waals surface area contributed by atoms with Crippen molar-refractivity contribution >= 4 is 11.6 Å². The van der Waals surface area contributed by atoms with E-state index in [1.165, 1.54) is 11.1 Å². The highest BCUT2D eigenvalue weighted by atomic mass is 35.5. The molecule has 0 heterocycles. The summed E-state index contributed by atoms with van der Waals surface area (Å²) in [6, 6.07) is 6.76. The number of halogens is 1. The van der Waals surface area contributed by atoms with Gasteiger partial charge in [-0.3, -0.25) is 0 Å². The maximum atomic E-state index is 6.30. The first-order valence-corrected chi connectivity index (χ1v) is 6.44. The molecular formula is C14H22ClN. The Labute approximate surface area is 104 Å². The van der Waals surface area contributed by atoms with Crippen molar-refractivity contribution in [2.45, 2.75) is 40.2 Å². The lowest BCUT2D eigenvalue weighted by Crippen LogP contribution is -2.18. The summed E-state index contributed by atoms with van der Waals surface area (Å²) in [4.78, 5) is 0. The second-order valence-corrected chi connectivity index (χ2v) is 5.14. The fraction of sp³-hybridized carbons (Fsp3) is 0.571. The predicted molar refractivity (Wildman–Crippen MR) is 72.1 cm³/mol. The van der Waals surface area contributed by atoms with Gasteiger partial charge in [0.15, 0.2) is 0 Å². The molecular weight excluding hydrogens is 218 g/mol. The average molecular weight is 240 g/mol. The van der Waals surface area contributed by atoms with Crippen LogP contribution in [0.15, 0.2) is 18.2 Å². The highest BCUT2D eigenvalue weighted by Gasteiger charge is 2.09. The van der Waals surface area contributed by atoms with Gasteiger partial charge in [0.25, 0.3) is 0 Å². The van der Waals surface area contributed by atoms with Gasteiger partial charge >= 0.3 is 0 Å². The molecule has 1 rings (SSSR count). The number of hydrogen-bond acceptors (Lipinski definition) is 1. The van der Waals surface area contributed by atoms with Gasteiger partial charge in [-0.05, 0) is 43.0 Å². The van der Waals surface area contributed by atoms with Crippen molar-refractivity contribution in [3.8, 4) is 0 Å². The minimum absolute atomic E-state index is 0.325. The zero-order chi connectivity index (χ0) is 12.1. The van der Waals surface area contributed by atoms with Crippen LogP contribution >= 0.6 is 11.6 Å². The monoisotopic (exact) mass is 239 g/mol. The van der Waals surface area contributed by atoms with Crippen LogP contribution in [0.25, 0.3) is 0 Å². The third-order valence-corrected chi connectivity index (χ3v) is 3.01. The van der Waals surface area contributed by atoms with Crippen LogP contribution in [0.1, 0.15) is 44.9 Å². The summed E-state index contributed by atoms with van der Waals surface area (Å²) in [5.74, 6) is 0.674. The Morgan fingerprint density at radius 2 is 1.94 bits per heavy atom. The molecule has 0 aliphatic rings. The Kier molecular flexibility index (Phi) is 5.30. The van der Waals surface area contributed by atoms with Crippen LogP contribution in [0, 0.1) is 5.92 Å². The van der Waals surface area contributed by atoms with Crippen LogP contribution in [0.2, 0.25) is 5.02 Å². The molecule has 1 unspecified atom stereocenters. The highest BCUT2D eigenvalue weighted by Crippen LogP contribution is 2.25. The summed E-state index contributed by atoms with van der Waals surface area (Å²) in [6.07, 6.45) is 1.09. The molecule has 0 saturated carbocycles. The molecule has 1 nitrogen and oxygen atoms in total. The number of nitrogens with one attached hydrogen (secondary N) is 1. The summed E-state index contributed by atoms with van der Waals surface area (Å²) in [5.41, 5.74) is 2.52. The first-order chi connectivity index (χ1) is 7.54. The zero-order valence-electron chi connectivity index (χ0n) is 10.7. The van der Waals surface area contributed by atoms with Gasteiger partial charge in [-0.25, -0.2) is 0 Å². The van der Waals surface area contributed by atoms with Crippen molar-refractivity contribution in [1.29, 1.82) is 0 Å². The largest absolute Gasteiger partial charge is 0.310 e. The lowest BCUT2D eigenvalue weighted by molar-refractivity contribution is 0.597. The fourth-order valence-corrected chi connectivity index (χ4v) is 2.30. The maximum Gasteiger partial charge on any atom is 0.0456 e. The minimum Gasteiger partial charge on any atom is -0.310 e.